The molecule has 18 heavy (non-hydrogen) atoms. The first-order chi connectivity index (χ1) is 8.66. The van der Waals surface area contributed by atoms with Gasteiger partial charge < -0.3 is 15.6 Å². The molecule has 2 aromatic rings. The lowest BCUT2D eigenvalue weighted by Crippen LogP contribution is -2.38. The molecule has 1 saturated heterocycles. The number of aromatic nitrogens is 2. The Labute approximate surface area is 105 Å². The van der Waals surface area contributed by atoms with Gasteiger partial charge in [-0.05, 0) is 38.0 Å². The van der Waals surface area contributed by atoms with Crippen LogP contribution in [0.25, 0.3) is 11.0 Å². The summed E-state index contributed by atoms with van der Waals surface area (Å²) in [5.41, 5.74) is 8.28. The molecule has 0 bridgehead atoms. The van der Waals surface area contributed by atoms with Gasteiger partial charge in [0.25, 0.3) is 0 Å². The number of hydrogen-bond acceptors (Lipinski definition) is 3. The van der Waals surface area contributed by atoms with E-state index in [0.717, 1.165) is 36.2 Å². The van der Waals surface area contributed by atoms with Crippen molar-refractivity contribution in [3.63, 3.8) is 0 Å². The van der Waals surface area contributed by atoms with Crippen LogP contribution in [0.5, 0.6) is 0 Å². The Morgan fingerprint density at radius 3 is 3.11 bits per heavy atom. The van der Waals surface area contributed by atoms with Gasteiger partial charge in [-0.3, -0.25) is 4.79 Å². The second-order valence-corrected chi connectivity index (χ2v) is 4.73. The highest BCUT2D eigenvalue weighted by Gasteiger charge is 2.26. The van der Waals surface area contributed by atoms with Crippen molar-refractivity contribution in [2.24, 2.45) is 0 Å². The van der Waals surface area contributed by atoms with E-state index in [1.807, 2.05) is 29.7 Å². The van der Waals surface area contributed by atoms with Crippen molar-refractivity contribution in [3.05, 3.63) is 24.0 Å². The van der Waals surface area contributed by atoms with E-state index in [-0.39, 0.29) is 11.9 Å². The molecule has 94 valence electrons. The zero-order valence-electron chi connectivity index (χ0n) is 10.3. The van der Waals surface area contributed by atoms with Gasteiger partial charge in [-0.2, -0.15) is 0 Å². The normalized spacial score (nSPS) is 20.1. The molecule has 1 aliphatic heterocycles. The van der Waals surface area contributed by atoms with E-state index in [1.165, 1.54) is 0 Å². The molecule has 1 fully saturated rings. The van der Waals surface area contributed by atoms with Gasteiger partial charge in [0.15, 0.2) is 0 Å². The third kappa shape index (κ3) is 1.63. The Bertz CT molecular complexity index is 617. The van der Waals surface area contributed by atoms with Gasteiger partial charge in [0.05, 0.1) is 11.0 Å². The standard InChI is InChI=1S/C13H16N4O/c1-8-16-10-7-9(14)4-5-11(10)17(8)12-3-2-6-15-13(12)18/h4-5,7,12H,2-3,6,14H2,1H3,(H,15,18). The minimum atomic E-state index is -0.146. The van der Waals surface area contributed by atoms with Gasteiger partial charge in [0.1, 0.15) is 11.9 Å². The highest BCUT2D eigenvalue weighted by molar-refractivity contribution is 5.85. The number of imidazole rings is 1. The summed E-state index contributed by atoms with van der Waals surface area (Å²) >= 11 is 0. The summed E-state index contributed by atoms with van der Waals surface area (Å²) in [6.45, 7) is 2.70. The van der Waals surface area contributed by atoms with E-state index in [0.29, 0.717) is 5.69 Å². The van der Waals surface area contributed by atoms with Crippen LogP contribution in [-0.4, -0.2) is 22.0 Å². The molecule has 3 rings (SSSR count). The number of anilines is 1. The molecule has 1 aromatic heterocycles. The lowest BCUT2D eigenvalue weighted by atomic mass is 10.1. The number of aryl methyl sites for hydroxylation is 1. The zero-order chi connectivity index (χ0) is 12.7. The van der Waals surface area contributed by atoms with Crippen LogP contribution in [-0.2, 0) is 4.79 Å². The second-order valence-electron chi connectivity index (χ2n) is 4.73. The minimum Gasteiger partial charge on any atom is -0.399 e. The first-order valence-corrected chi connectivity index (χ1v) is 6.18. The molecule has 0 saturated carbocycles. The number of nitrogen functional groups attached to an aromatic ring is 1. The van der Waals surface area contributed by atoms with Gasteiger partial charge in [0.2, 0.25) is 5.91 Å². The molecular formula is C13H16N4O. The Morgan fingerprint density at radius 2 is 2.33 bits per heavy atom. The summed E-state index contributed by atoms with van der Waals surface area (Å²) in [5, 5.41) is 2.91. The van der Waals surface area contributed by atoms with Crippen LogP contribution in [0.15, 0.2) is 18.2 Å². The SMILES string of the molecule is Cc1nc2cc(N)ccc2n1C1CCCNC1=O. The molecule has 1 atom stereocenters. The number of nitrogens with one attached hydrogen (secondary N) is 1. The zero-order valence-corrected chi connectivity index (χ0v) is 10.3. The number of rotatable bonds is 1. The van der Waals surface area contributed by atoms with Crippen LogP contribution in [0.1, 0.15) is 24.7 Å². The second kappa shape index (κ2) is 4.01. The number of hydrogen-bond donors (Lipinski definition) is 2. The van der Waals surface area contributed by atoms with Crippen molar-refractivity contribution in [2.45, 2.75) is 25.8 Å². The van der Waals surface area contributed by atoms with E-state index in [4.69, 9.17) is 5.73 Å². The molecule has 5 heteroatoms. The van der Waals surface area contributed by atoms with E-state index in [9.17, 15) is 4.79 Å². The highest BCUT2D eigenvalue weighted by Crippen LogP contribution is 2.26. The third-order valence-electron chi connectivity index (χ3n) is 3.46. The summed E-state index contributed by atoms with van der Waals surface area (Å²) in [6.07, 6.45) is 1.87. The van der Waals surface area contributed by atoms with Crippen LogP contribution in [0.4, 0.5) is 5.69 Å². The summed E-state index contributed by atoms with van der Waals surface area (Å²) in [7, 11) is 0. The Balaban J connectivity index is 2.15. The highest BCUT2D eigenvalue weighted by atomic mass is 16.2. The van der Waals surface area contributed by atoms with Crippen molar-refractivity contribution in [2.75, 3.05) is 12.3 Å². The van der Waals surface area contributed by atoms with Gasteiger partial charge in [-0.1, -0.05) is 0 Å². The topological polar surface area (TPSA) is 72.9 Å². The number of nitrogens with two attached hydrogens (primary N) is 1. The predicted molar refractivity (Wildman–Crippen MR) is 70.2 cm³/mol. The van der Waals surface area contributed by atoms with Crippen molar-refractivity contribution in [1.82, 2.24) is 14.9 Å². The molecular weight excluding hydrogens is 228 g/mol. The summed E-state index contributed by atoms with van der Waals surface area (Å²) in [4.78, 5) is 16.5. The number of benzene rings is 1. The van der Waals surface area contributed by atoms with Gasteiger partial charge in [-0.15, -0.1) is 0 Å². The Kier molecular flexibility index (Phi) is 2.47. The fourth-order valence-electron chi connectivity index (χ4n) is 2.63. The molecule has 2 heterocycles. The average Bonchev–Trinajstić information content (AvgIpc) is 2.65. The van der Waals surface area contributed by atoms with Crippen molar-refractivity contribution in [3.8, 4) is 0 Å². The third-order valence-corrected chi connectivity index (χ3v) is 3.46. The number of nitrogens with zero attached hydrogens (tertiary/aromatic N) is 2. The summed E-state index contributed by atoms with van der Waals surface area (Å²) in [6, 6.07) is 5.49. The van der Waals surface area contributed by atoms with E-state index in [1.54, 1.807) is 0 Å². The number of fused-ring (bicyclic) bond motifs is 1. The number of amides is 1. The quantitative estimate of drug-likeness (QED) is 0.744. The minimum absolute atomic E-state index is 0.0838. The van der Waals surface area contributed by atoms with Crippen molar-refractivity contribution >= 4 is 22.6 Å². The van der Waals surface area contributed by atoms with E-state index >= 15 is 0 Å². The number of carbonyl (C=O) groups excluding carboxylic acids is 1. The van der Waals surface area contributed by atoms with Crippen LogP contribution in [0, 0.1) is 6.92 Å². The summed E-state index contributed by atoms with van der Waals surface area (Å²) < 4.78 is 2.02. The molecule has 0 spiro atoms. The molecule has 1 aromatic carbocycles. The molecule has 0 aliphatic carbocycles. The maximum absolute atomic E-state index is 12.0. The van der Waals surface area contributed by atoms with Crippen LogP contribution in [0.3, 0.4) is 0 Å². The molecule has 1 unspecified atom stereocenters. The lowest BCUT2D eigenvalue weighted by molar-refractivity contribution is -0.125. The largest absolute Gasteiger partial charge is 0.399 e. The molecule has 5 nitrogen and oxygen atoms in total. The maximum Gasteiger partial charge on any atom is 0.243 e. The fourth-order valence-corrected chi connectivity index (χ4v) is 2.63. The molecule has 0 radical (unpaired) electrons. The first-order valence-electron chi connectivity index (χ1n) is 6.18. The monoisotopic (exact) mass is 244 g/mol. The van der Waals surface area contributed by atoms with Gasteiger partial charge >= 0.3 is 0 Å². The molecule has 1 amide bonds. The number of carbonyl (C=O) groups is 1. The maximum atomic E-state index is 12.0. The van der Waals surface area contributed by atoms with E-state index < -0.39 is 0 Å². The van der Waals surface area contributed by atoms with Gasteiger partial charge in [0, 0.05) is 12.2 Å². The van der Waals surface area contributed by atoms with Crippen molar-refractivity contribution < 1.29 is 4.79 Å². The Hall–Kier alpha value is -2.04. The van der Waals surface area contributed by atoms with Crippen LogP contribution < -0.4 is 11.1 Å². The predicted octanol–water partition coefficient (Wildman–Crippen LogP) is 1.38. The van der Waals surface area contributed by atoms with Crippen LogP contribution >= 0.6 is 0 Å². The first kappa shape index (κ1) is 11.1. The smallest absolute Gasteiger partial charge is 0.243 e. The van der Waals surface area contributed by atoms with E-state index in [2.05, 4.69) is 10.3 Å². The Morgan fingerprint density at radius 1 is 1.50 bits per heavy atom. The average molecular weight is 244 g/mol. The molecule has 1 aliphatic rings. The molecule has 3 N–H and O–H groups in total. The van der Waals surface area contributed by atoms with Crippen LogP contribution in [0.2, 0.25) is 0 Å². The fraction of sp³-hybridized carbons (Fsp3) is 0.385. The summed E-state index contributed by atoms with van der Waals surface area (Å²) in [5.74, 6) is 0.943. The number of piperidine rings is 1. The van der Waals surface area contributed by atoms with Crippen molar-refractivity contribution in [1.29, 1.82) is 0 Å². The lowest BCUT2D eigenvalue weighted by Gasteiger charge is -2.24. The van der Waals surface area contributed by atoms with Gasteiger partial charge in [-0.25, -0.2) is 4.98 Å².